The average molecular weight is 164 g/mol. The third-order valence-corrected chi connectivity index (χ3v) is 2.08. The summed E-state index contributed by atoms with van der Waals surface area (Å²) in [5.74, 6) is 0. The zero-order valence-corrected chi connectivity index (χ0v) is 5.94. The zero-order valence-electron chi connectivity index (χ0n) is 5.12. The predicted molar refractivity (Wildman–Crippen MR) is 36.7 cm³/mol. The fraction of sp³-hybridized carbons (Fsp3) is 1.00. The Morgan fingerprint density at radius 3 is 1.33 bits per heavy atom. The molecule has 0 aromatic rings. The summed E-state index contributed by atoms with van der Waals surface area (Å²) in [7, 11) is 0.208. The van der Waals surface area contributed by atoms with Gasteiger partial charge in [0.15, 0.2) is 0 Å². The molecule has 0 amide bonds. The van der Waals surface area contributed by atoms with Crippen LogP contribution in [-0.2, 0) is 10.3 Å². The Bertz CT molecular complexity index is 168. The molecule has 0 saturated heterocycles. The van der Waals surface area contributed by atoms with Gasteiger partial charge in [-0.05, 0) is 0 Å². The number of quaternary nitrogens is 1. The summed E-state index contributed by atoms with van der Waals surface area (Å²) >= 11 is 0. The van der Waals surface area contributed by atoms with Crippen LogP contribution in [0.15, 0.2) is 0 Å². The molecular formula is C3H11NNaO3S+. The van der Waals surface area contributed by atoms with Crippen LogP contribution in [0.2, 0.25) is 0 Å². The third-order valence-electron chi connectivity index (χ3n) is 0.692. The van der Waals surface area contributed by atoms with Gasteiger partial charge in [0.05, 0.1) is 21.1 Å². The first-order valence-corrected chi connectivity index (χ1v) is 3.44. The van der Waals surface area contributed by atoms with Crippen molar-refractivity contribution in [2.45, 2.75) is 0 Å². The van der Waals surface area contributed by atoms with Crippen molar-refractivity contribution in [3.8, 4) is 0 Å². The van der Waals surface area contributed by atoms with E-state index in [0.717, 1.165) is 0 Å². The number of hydrogen-bond acceptors (Lipinski definition) is 2. The summed E-state index contributed by atoms with van der Waals surface area (Å²) < 4.78 is 28.2. The Kier molecular flexibility index (Phi) is 4.62. The molecule has 0 aromatic carbocycles. The monoisotopic (exact) mass is 164 g/mol. The van der Waals surface area contributed by atoms with Crippen LogP contribution in [0.5, 0.6) is 0 Å². The molecule has 0 fully saturated rings. The van der Waals surface area contributed by atoms with E-state index in [2.05, 4.69) is 0 Å². The molecule has 0 bridgehead atoms. The van der Waals surface area contributed by atoms with E-state index >= 15 is 0 Å². The van der Waals surface area contributed by atoms with Crippen molar-refractivity contribution in [1.82, 2.24) is 0 Å². The number of hydrogen-bond donors (Lipinski definition) is 1. The molecule has 0 spiro atoms. The van der Waals surface area contributed by atoms with Crippen LogP contribution in [-0.4, -0.2) is 67.6 Å². The van der Waals surface area contributed by atoms with Crippen molar-refractivity contribution in [1.29, 1.82) is 0 Å². The van der Waals surface area contributed by atoms with E-state index in [-0.39, 0.29) is 29.6 Å². The molecule has 0 radical (unpaired) electrons. The van der Waals surface area contributed by atoms with Crippen LogP contribution in [0.25, 0.3) is 0 Å². The van der Waals surface area contributed by atoms with Crippen molar-refractivity contribution in [2.24, 2.45) is 0 Å². The molecule has 52 valence electrons. The molecule has 0 aromatic heterocycles. The summed E-state index contributed by atoms with van der Waals surface area (Å²) in [4.78, 5) is 0. The van der Waals surface area contributed by atoms with Crippen LogP contribution in [0, 0.1) is 0 Å². The van der Waals surface area contributed by atoms with E-state index < -0.39 is 14.2 Å². The second-order valence-electron chi connectivity index (χ2n) is 2.34. The average Bonchev–Trinajstić information content (AvgIpc) is 1.25. The van der Waals surface area contributed by atoms with Gasteiger partial charge in [-0.15, -0.1) is 8.42 Å². The Morgan fingerprint density at radius 2 is 1.33 bits per heavy atom. The second-order valence-corrected chi connectivity index (χ2v) is 4.33. The Morgan fingerprint density at radius 1 is 1.22 bits per heavy atom. The first-order chi connectivity index (χ1) is 3.25. The Balaban J connectivity index is 0. The van der Waals surface area contributed by atoms with Crippen molar-refractivity contribution in [3.63, 3.8) is 0 Å². The first-order valence-electron chi connectivity index (χ1n) is 2.04. The van der Waals surface area contributed by atoms with E-state index in [1.807, 2.05) is 0 Å². The topological polar surface area (TPSA) is 54.4 Å². The van der Waals surface area contributed by atoms with Gasteiger partial charge in [0, 0.05) is 0 Å². The van der Waals surface area contributed by atoms with Gasteiger partial charge in [0.2, 0.25) is 0 Å². The molecule has 0 heterocycles. The molecule has 0 aliphatic heterocycles. The molecule has 9 heavy (non-hydrogen) atoms. The molecule has 4 nitrogen and oxygen atoms in total. The predicted octanol–water partition coefficient (Wildman–Crippen LogP) is -1.15. The van der Waals surface area contributed by atoms with Crippen LogP contribution < -0.4 is 0 Å². The van der Waals surface area contributed by atoms with Gasteiger partial charge < -0.3 is 0 Å². The number of rotatable bonds is 1. The fourth-order valence-electron chi connectivity index (χ4n) is 0. The van der Waals surface area contributed by atoms with Crippen molar-refractivity contribution in [3.05, 3.63) is 0 Å². The Hall–Kier alpha value is 0.870. The van der Waals surface area contributed by atoms with Crippen molar-refractivity contribution >= 4 is 39.9 Å². The van der Waals surface area contributed by atoms with Crippen LogP contribution >= 0.6 is 0 Å². The molecule has 0 unspecified atom stereocenters. The van der Waals surface area contributed by atoms with E-state index in [1.54, 1.807) is 0 Å². The van der Waals surface area contributed by atoms with Gasteiger partial charge in [0.1, 0.15) is 0 Å². The third kappa shape index (κ3) is 4.30. The van der Waals surface area contributed by atoms with Gasteiger partial charge in [-0.1, -0.05) is 0 Å². The maximum atomic E-state index is 10.2. The molecule has 1 N–H and O–H groups in total. The van der Waals surface area contributed by atoms with E-state index in [1.165, 1.54) is 21.1 Å². The van der Waals surface area contributed by atoms with Gasteiger partial charge in [-0.2, -0.15) is 0 Å². The minimum absolute atomic E-state index is 0. The standard InChI is InChI=1S/C3H9NO3S.Na.H/c1-4(2,3)8(5,6)7;;/h1-3H3;;/p+1. The fourth-order valence-corrected chi connectivity index (χ4v) is 0. The van der Waals surface area contributed by atoms with Gasteiger partial charge in [0.25, 0.3) is 0 Å². The summed E-state index contributed by atoms with van der Waals surface area (Å²) in [6.45, 7) is 0. The normalized spacial score (nSPS) is 12.4. The second kappa shape index (κ2) is 3.32. The van der Waals surface area contributed by atoms with Gasteiger partial charge in [-0.25, -0.2) is 8.44 Å². The number of nitrogens with zero attached hydrogens (tertiary/aromatic N) is 1. The van der Waals surface area contributed by atoms with Gasteiger partial charge >= 0.3 is 39.9 Å². The zero-order chi connectivity index (χ0) is 7.00. The Labute approximate surface area is 77.6 Å². The van der Waals surface area contributed by atoms with Gasteiger partial charge in [-0.3, -0.25) is 0 Å². The van der Waals surface area contributed by atoms with Crippen molar-refractivity contribution < 1.29 is 16.9 Å². The van der Waals surface area contributed by atoms with Crippen LogP contribution in [0.4, 0.5) is 0 Å². The van der Waals surface area contributed by atoms with Crippen LogP contribution in [0.3, 0.4) is 0 Å². The summed E-state index contributed by atoms with van der Waals surface area (Å²) in [5.41, 5.74) is 0. The molecule has 6 heteroatoms. The molecular weight excluding hydrogens is 153 g/mol. The summed E-state index contributed by atoms with van der Waals surface area (Å²) in [6, 6.07) is 0. The molecule has 0 rings (SSSR count). The quantitative estimate of drug-likeness (QED) is 0.302. The minimum atomic E-state index is -3.90. The first kappa shape index (κ1) is 12.5. The van der Waals surface area contributed by atoms with Crippen LogP contribution in [0.1, 0.15) is 0 Å². The van der Waals surface area contributed by atoms with E-state index in [0.29, 0.717) is 0 Å². The molecule has 0 aliphatic rings. The molecule has 0 aliphatic carbocycles. The maximum absolute atomic E-state index is 10.2. The SMILES string of the molecule is C[N+](C)(C)S(=O)(=O)O.[NaH]. The summed E-state index contributed by atoms with van der Waals surface area (Å²) in [6.07, 6.45) is 0. The van der Waals surface area contributed by atoms with Crippen molar-refractivity contribution in [2.75, 3.05) is 21.1 Å². The molecule has 0 saturated carbocycles. The van der Waals surface area contributed by atoms with E-state index in [9.17, 15) is 8.42 Å². The summed E-state index contributed by atoms with van der Waals surface area (Å²) in [5, 5.41) is 0. The van der Waals surface area contributed by atoms with E-state index in [4.69, 9.17) is 4.55 Å². The molecule has 0 atom stereocenters.